The minimum absolute atomic E-state index is 0.776. The standard InChI is InChI=1S/C11H10N2O2/c1-14-9-5-10(15-2)8-6-12-11-4-3-7(9)13(8)11/h3-6H,1-2H3. The van der Waals surface area contributed by atoms with Crippen LogP contribution in [0.1, 0.15) is 0 Å². The van der Waals surface area contributed by atoms with Crippen molar-refractivity contribution in [3.63, 3.8) is 0 Å². The van der Waals surface area contributed by atoms with Gasteiger partial charge in [-0.2, -0.15) is 0 Å². The molecule has 0 N–H and O–H groups in total. The number of pyridine rings is 1. The molecule has 4 nitrogen and oxygen atoms in total. The maximum atomic E-state index is 5.31. The van der Waals surface area contributed by atoms with E-state index in [1.165, 1.54) is 0 Å². The Bertz CT molecular complexity index is 566. The Morgan fingerprint density at radius 1 is 1.07 bits per heavy atom. The van der Waals surface area contributed by atoms with Gasteiger partial charge >= 0.3 is 0 Å². The molecule has 0 atom stereocenters. The zero-order valence-corrected chi connectivity index (χ0v) is 8.52. The maximum Gasteiger partial charge on any atom is 0.148 e. The van der Waals surface area contributed by atoms with Crippen molar-refractivity contribution in [3.8, 4) is 11.5 Å². The van der Waals surface area contributed by atoms with Crippen LogP contribution >= 0.6 is 0 Å². The fourth-order valence-electron chi connectivity index (χ4n) is 1.92. The molecule has 0 bridgehead atoms. The lowest BCUT2D eigenvalue weighted by Gasteiger charge is -2.07. The molecule has 0 aromatic carbocycles. The second-order valence-electron chi connectivity index (χ2n) is 3.34. The van der Waals surface area contributed by atoms with Crippen LogP contribution in [0.4, 0.5) is 0 Å². The molecular formula is C11H10N2O2. The lowest BCUT2D eigenvalue weighted by atomic mass is 10.3. The van der Waals surface area contributed by atoms with Gasteiger partial charge in [-0.25, -0.2) is 4.98 Å². The molecule has 0 aliphatic heterocycles. The number of nitrogens with zero attached hydrogens (tertiary/aromatic N) is 2. The second kappa shape index (κ2) is 2.76. The maximum absolute atomic E-state index is 5.31. The summed E-state index contributed by atoms with van der Waals surface area (Å²) in [5, 5.41) is 0. The first-order chi connectivity index (χ1) is 7.35. The third-order valence-corrected chi connectivity index (χ3v) is 2.63. The first-order valence-electron chi connectivity index (χ1n) is 4.65. The largest absolute Gasteiger partial charge is 0.494 e. The monoisotopic (exact) mass is 202 g/mol. The van der Waals surface area contributed by atoms with Crippen LogP contribution in [0.15, 0.2) is 24.4 Å². The zero-order chi connectivity index (χ0) is 10.4. The van der Waals surface area contributed by atoms with Gasteiger partial charge in [0.1, 0.15) is 22.7 Å². The van der Waals surface area contributed by atoms with Gasteiger partial charge in [-0.3, -0.25) is 4.40 Å². The molecule has 0 radical (unpaired) electrons. The van der Waals surface area contributed by atoms with E-state index >= 15 is 0 Å². The number of aromatic nitrogens is 2. The van der Waals surface area contributed by atoms with Crippen LogP contribution in [-0.2, 0) is 0 Å². The molecule has 3 aromatic rings. The predicted octanol–water partition coefficient (Wildman–Crippen LogP) is 1.94. The second-order valence-corrected chi connectivity index (χ2v) is 3.34. The van der Waals surface area contributed by atoms with Gasteiger partial charge in [0, 0.05) is 6.07 Å². The van der Waals surface area contributed by atoms with Gasteiger partial charge < -0.3 is 9.47 Å². The van der Waals surface area contributed by atoms with E-state index in [0.29, 0.717) is 0 Å². The highest BCUT2D eigenvalue weighted by Crippen LogP contribution is 2.33. The van der Waals surface area contributed by atoms with Gasteiger partial charge in [0.15, 0.2) is 0 Å². The van der Waals surface area contributed by atoms with Crippen molar-refractivity contribution in [3.05, 3.63) is 24.4 Å². The Kier molecular flexibility index (Phi) is 1.54. The molecule has 76 valence electrons. The number of ether oxygens (including phenoxy) is 2. The van der Waals surface area contributed by atoms with Crippen molar-refractivity contribution in [1.82, 2.24) is 9.38 Å². The third-order valence-electron chi connectivity index (χ3n) is 2.63. The summed E-state index contributed by atoms with van der Waals surface area (Å²) in [6, 6.07) is 5.84. The summed E-state index contributed by atoms with van der Waals surface area (Å²) in [4.78, 5) is 4.29. The smallest absolute Gasteiger partial charge is 0.148 e. The highest BCUT2D eigenvalue weighted by atomic mass is 16.5. The Hall–Kier alpha value is -1.97. The van der Waals surface area contributed by atoms with Crippen molar-refractivity contribution in [2.45, 2.75) is 0 Å². The van der Waals surface area contributed by atoms with Crippen molar-refractivity contribution >= 4 is 16.7 Å². The SMILES string of the molecule is COc1cc(OC)c2cnc3ccc1n32. The van der Waals surface area contributed by atoms with Gasteiger partial charge in [-0.1, -0.05) is 0 Å². The van der Waals surface area contributed by atoms with Crippen LogP contribution in [0.2, 0.25) is 0 Å². The van der Waals surface area contributed by atoms with Crippen LogP contribution < -0.4 is 9.47 Å². The molecule has 0 spiro atoms. The zero-order valence-electron chi connectivity index (χ0n) is 8.52. The first kappa shape index (κ1) is 8.35. The van der Waals surface area contributed by atoms with Crippen LogP contribution in [0.3, 0.4) is 0 Å². The molecule has 4 heteroatoms. The third kappa shape index (κ3) is 0.932. The molecule has 3 rings (SSSR count). The van der Waals surface area contributed by atoms with Crippen molar-refractivity contribution < 1.29 is 9.47 Å². The molecule has 0 aliphatic rings. The fraction of sp³-hybridized carbons (Fsp3) is 0.182. The number of rotatable bonds is 2. The average Bonchev–Trinajstić information content (AvgIpc) is 2.86. The van der Waals surface area contributed by atoms with Crippen LogP contribution in [-0.4, -0.2) is 23.6 Å². The number of hydrogen-bond donors (Lipinski definition) is 0. The molecule has 0 aliphatic carbocycles. The Morgan fingerprint density at radius 2 is 1.80 bits per heavy atom. The van der Waals surface area contributed by atoms with E-state index < -0.39 is 0 Å². The molecule has 0 saturated heterocycles. The lowest BCUT2D eigenvalue weighted by Crippen LogP contribution is -1.93. The summed E-state index contributed by atoms with van der Waals surface area (Å²) in [6.07, 6.45) is 1.81. The summed E-state index contributed by atoms with van der Waals surface area (Å²) in [6.45, 7) is 0. The molecule has 0 saturated carbocycles. The number of hydrogen-bond acceptors (Lipinski definition) is 3. The summed E-state index contributed by atoms with van der Waals surface area (Å²) in [5.41, 5.74) is 2.89. The van der Waals surface area contributed by atoms with Crippen molar-refractivity contribution in [2.75, 3.05) is 14.2 Å². The lowest BCUT2D eigenvalue weighted by molar-refractivity contribution is 0.398. The normalized spacial score (nSPS) is 11.3. The Labute approximate surface area is 86.4 Å². The number of imidazole rings is 1. The Morgan fingerprint density at radius 3 is 2.53 bits per heavy atom. The summed E-state index contributed by atoms with van der Waals surface area (Å²) < 4.78 is 12.6. The quantitative estimate of drug-likeness (QED) is 0.637. The van der Waals surface area contributed by atoms with Gasteiger partial charge in [0.25, 0.3) is 0 Å². The van der Waals surface area contributed by atoms with Crippen LogP contribution in [0.5, 0.6) is 11.5 Å². The van der Waals surface area contributed by atoms with E-state index in [0.717, 1.165) is 28.2 Å². The molecular weight excluding hydrogens is 192 g/mol. The fourth-order valence-corrected chi connectivity index (χ4v) is 1.92. The number of methoxy groups -OCH3 is 2. The summed E-state index contributed by atoms with van der Waals surface area (Å²) >= 11 is 0. The van der Waals surface area contributed by atoms with Gasteiger partial charge in [0.05, 0.1) is 25.9 Å². The molecule has 0 unspecified atom stereocenters. The molecule has 3 aromatic heterocycles. The van der Waals surface area contributed by atoms with E-state index in [4.69, 9.17) is 9.47 Å². The first-order valence-corrected chi connectivity index (χ1v) is 4.65. The van der Waals surface area contributed by atoms with E-state index in [1.807, 2.05) is 22.6 Å². The highest BCUT2D eigenvalue weighted by Gasteiger charge is 2.13. The Balaban J connectivity index is 2.53. The van der Waals surface area contributed by atoms with Gasteiger partial charge in [-0.05, 0) is 12.1 Å². The average molecular weight is 202 g/mol. The van der Waals surface area contributed by atoms with Crippen molar-refractivity contribution in [1.29, 1.82) is 0 Å². The van der Waals surface area contributed by atoms with Crippen molar-refractivity contribution in [2.24, 2.45) is 0 Å². The van der Waals surface area contributed by atoms with E-state index in [-0.39, 0.29) is 0 Å². The van der Waals surface area contributed by atoms with E-state index in [2.05, 4.69) is 4.98 Å². The van der Waals surface area contributed by atoms with E-state index in [1.54, 1.807) is 20.4 Å². The summed E-state index contributed by atoms with van der Waals surface area (Å²) in [7, 11) is 3.30. The molecule has 3 heterocycles. The molecule has 15 heavy (non-hydrogen) atoms. The topological polar surface area (TPSA) is 35.8 Å². The van der Waals surface area contributed by atoms with Gasteiger partial charge in [0.2, 0.25) is 0 Å². The van der Waals surface area contributed by atoms with Gasteiger partial charge in [-0.15, -0.1) is 0 Å². The van der Waals surface area contributed by atoms with E-state index in [9.17, 15) is 0 Å². The highest BCUT2D eigenvalue weighted by molar-refractivity contribution is 5.80. The summed E-state index contributed by atoms with van der Waals surface area (Å²) in [5.74, 6) is 1.57. The predicted molar refractivity (Wildman–Crippen MR) is 57.0 cm³/mol. The van der Waals surface area contributed by atoms with Crippen LogP contribution in [0, 0.1) is 0 Å². The minimum atomic E-state index is 0.776. The molecule has 0 fully saturated rings. The molecule has 0 amide bonds. The van der Waals surface area contributed by atoms with Crippen LogP contribution in [0.25, 0.3) is 16.7 Å². The minimum Gasteiger partial charge on any atom is -0.494 e.